The fraction of sp³-hybridized carbons (Fsp3) is 0.143. The highest BCUT2D eigenvalue weighted by molar-refractivity contribution is 7.25. The van der Waals surface area contributed by atoms with Crippen molar-refractivity contribution in [2.24, 2.45) is 0 Å². The summed E-state index contributed by atoms with van der Waals surface area (Å²) in [5, 5.41) is 10.9. The van der Waals surface area contributed by atoms with Crippen LogP contribution in [0, 0.1) is 0 Å². The van der Waals surface area contributed by atoms with Crippen LogP contribution in [0.25, 0.3) is 58.8 Å². The lowest BCUT2D eigenvalue weighted by molar-refractivity contribution is 0.332. The van der Waals surface area contributed by atoms with E-state index in [1.165, 1.54) is 104 Å². The Labute approximate surface area is 352 Å². The number of benzene rings is 8. The average molecular weight is 794 g/mol. The van der Waals surface area contributed by atoms with Gasteiger partial charge in [0, 0.05) is 36.6 Å². The van der Waals surface area contributed by atoms with Gasteiger partial charge >= 0.3 is 0 Å². The van der Waals surface area contributed by atoms with Gasteiger partial charge < -0.3 is 4.57 Å². The van der Waals surface area contributed by atoms with Crippen LogP contribution in [-0.4, -0.2) is 12.6 Å². The van der Waals surface area contributed by atoms with Crippen LogP contribution < -0.4 is 20.7 Å². The summed E-state index contributed by atoms with van der Waals surface area (Å²) in [5.41, 5.74) is 9.38. The van der Waals surface area contributed by atoms with Crippen LogP contribution in [0.5, 0.6) is 0 Å². The first-order valence-electron chi connectivity index (χ1n) is 21.0. The molecule has 0 bridgehead atoms. The second-order valence-electron chi connectivity index (χ2n) is 18.0. The minimum Gasteiger partial charge on any atom is -0.309 e. The van der Waals surface area contributed by atoms with E-state index in [-0.39, 0.29) is 10.8 Å². The molecule has 11 rings (SSSR count). The number of aromatic nitrogens is 1. The monoisotopic (exact) mass is 793 g/mol. The van der Waals surface area contributed by atoms with Gasteiger partial charge in [-0.25, -0.2) is 0 Å². The quantitative estimate of drug-likeness (QED) is 0.117. The Morgan fingerprint density at radius 2 is 0.949 bits per heavy atom. The molecule has 0 atom stereocenters. The molecule has 0 unspecified atom stereocenters. The predicted molar refractivity (Wildman–Crippen MR) is 258 cm³/mol. The first-order chi connectivity index (χ1) is 28.7. The molecule has 0 fully saturated rings. The third-order valence-electron chi connectivity index (χ3n) is 13.6. The average Bonchev–Trinajstić information content (AvgIpc) is 3.82. The van der Waals surface area contributed by atoms with Crippen molar-refractivity contribution < 1.29 is 0 Å². The Morgan fingerprint density at radius 3 is 1.68 bits per heavy atom. The Hall–Kier alpha value is -6.00. The maximum Gasteiger partial charge on any atom is 0.179 e. The zero-order valence-electron chi connectivity index (χ0n) is 34.2. The zero-order chi connectivity index (χ0) is 39.9. The van der Waals surface area contributed by atoms with E-state index >= 15 is 0 Å². The van der Waals surface area contributed by atoms with Crippen molar-refractivity contribution >= 4 is 82.1 Å². The van der Waals surface area contributed by atoms with E-state index in [1.54, 1.807) is 0 Å². The van der Waals surface area contributed by atoms with Crippen molar-refractivity contribution in [2.45, 2.75) is 51.4 Å². The fourth-order valence-corrected chi connectivity index (χ4v) is 16.2. The normalized spacial score (nSPS) is 14.9. The van der Waals surface area contributed by atoms with Crippen molar-refractivity contribution in [3.8, 4) is 16.8 Å². The molecule has 0 aliphatic heterocycles. The molecule has 0 radical (unpaired) electrons. The lowest BCUT2D eigenvalue weighted by atomic mass is 9.63. The summed E-state index contributed by atoms with van der Waals surface area (Å²) in [6, 6.07) is 71.7. The van der Waals surface area contributed by atoms with Crippen molar-refractivity contribution in [3.05, 3.63) is 199 Å². The number of para-hydroxylation sites is 1. The highest BCUT2D eigenvalue weighted by Gasteiger charge is 2.44. The van der Waals surface area contributed by atoms with Gasteiger partial charge in [0.25, 0.3) is 0 Å². The molecule has 0 amide bonds. The summed E-state index contributed by atoms with van der Waals surface area (Å²) in [6.07, 6.45) is 2.40. The highest BCUT2D eigenvalue weighted by atomic mass is 32.1. The molecule has 2 aromatic heterocycles. The molecule has 8 aromatic carbocycles. The van der Waals surface area contributed by atoms with Gasteiger partial charge in [-0.15, -0.1) is 11.3 Å². The van der Waals surface area contributed by atoms with Crippen molar-refractivity contribution in [1.82, 2.24) is 4.57 Å². The van der Waals surface area contributed by atoms with Crippen molar-refractivity contribution in [1.29, 1.82) is 0 Å². The molecule has 0 N–H and O–H groups in total. The summed E-state index contributed by atoms with van der Waals surface area (Å²) in [6.45, 7) is 9.77. The third-order valence-corrected chi connectivity index (χ3v) is 19.6. The maximum absolute atomic E-state index is 2.78. The number of hydrogen-bond acceptors (Lipinski definition) is 1. The molecular weight excluding hydrogens is 747 g/mol. The van der Waals surface area contributed by atoms with Crippen LogP contribution in [0.4, 0.5) is 0 Å². The summed E-state index contributed by atoms with van der Waals surface area (Å²) < 4.78 is 5.15. The van der Waals surface area contributed by atoms with Gasteiger partial charge in [0.15, 0.2) is 8.07 Å². The van der Waals surface area contributed by atoms with Gasteiger partial charge in [-0.05, 0) is 109 Å². The van der Waals surface area contributed by atoms with E-state index in [2.05, 4.69) is 220 Å². The molecule has 1 nitrogen and oxygen atoms in total. The number of rotatable bonds is 6. The van der Waals surface area contributed by atoms with E-state index in [0.29, 0.717) is 0 Å². The SMILES string of the molecule is CC1(C)CCC(C)(C)c2cc([Si](c3ccccc3)(c3ccccc3)c3ccc(-n4c5ccccc5c5ccc(-c6ccc7sc8ccccc8c7c6)cc54)cc3)ccc21. The molecule has 0 saturated heterocycles. The van der Waals surface area contributed by atoms with Crippen LogP contribution in [0.1, 0.15) is 51.7 Å². The molecule has 0 saturated carbocycles. The van der Waals surface area contributed by atoms with Gasteiger partial charge in [0.1, 0.15) is 0 Å². The Kier molecular flexibility index (Phi) is 8.28. The van der Waals surface area contributed by atoms with Gasteiger partial charge in [-0.1, -0.05) is 173 Å². The summed E-state index contributed by atoms with van der Waals surface area (Å²) in [7, 11) is -2.78. The number of nitrogens with zero attached hydrogens (tertiary/aromatic N) is 1. The first-order valence-corrected chi connectivity index (χ1v) is 23.9. The van der Waals surface area contributed by atoms with Crippen LogP contribution in [0.2, 0.25) is 0 Å². The summed E-state index contributed by atoms with van der Waals surface area (Å²) in [4.78, 5) is 0. The van der Waals surface area contributed by atoms with E-state index in [1.807, 2.05) is 11.3 Å². The van der Waals surface area contributed by atoms with E-state index < -0.39 is 8.07 Å². The largest absolute Gasteiger partial charge is 0.309 e. The van der Waals surface area contributed by atoms with Gasteiger partial charge in [0.2, 0.25) is 0 Å². The van der Waals surface area contributed by atoms with Crippen molar-refractivity contribution in [3.63, 3.8) is 0 Å². The molecular formula is C56H47NSSi. The zero-order valence-corrected chi connectivity index (χ0v) is 36.0. The molecule has 0 spiro atoms. The molecule has 3 heteroatoms. The lowest BCUT2D eigenvalue weighted by Gasteiger charge is -2.43. The maximum atomic E-state index is 2.63. The second kappa shape index (κ2) is 13.5. The first kappa shape index (κ1) is 36.1. The number of hydrogen-bond donors (Lipinski definition) is 0. The van der Waals surface area contributed by atoms with Crippen molar-refractivity contribution in [2.75, 3.05) is 0 Å². The van der Waals surface area contributed by atoms with Crippen LogP contribution in [0.15, 0.2) is 188 Å². The Morgan fingerprint density at radius 1 is 0.407 bits per heavy atom. The van der Waals surface area contributed by atoms with E-state index in [0.717, 1.165) is 0 Å². The van der Waals surface area contributed by atoms with Crippen LogP contribution in [0.3, 0.4) is 0 Å². The highest BCUT2D eigenvalue weighted by Crippen LogP contribution is 2.45. The molecule has 10 aromatic rings. The number of thiophene rings is 1. The molecule has 286 valence electrons. The number of fused-ring (bicyclic) bond motifs is 7. The Balaban J connectivity index is 1.11. The summed E-state index contributed by atoms with van der Waals surface area (Å²) in [5.74, 6) is 0. The summed E-state index contributed by atoms with van der Waals surface area (Å²) >= 11 is 1.87. The standard InChI is InChI=1S/C56H47NSSi/c1-55(2)33-34-56(3,4)50-37-44(29-31-49(50)55)59(41-15-7-5-8-16-41,42-17-9-6-10-18-42)43-27-25-40(26-28-43)57-51-21-13-11-19-45(51)46-30-23-39(36-52(46)57)38-24-32-54-48(35-38)47-20-12-14-22-53(47)58-54/h5-32,35-37H,33-34H2,1-4H3. The van der Waals surface area contributed by atoms with Gasteiger partial charge in [-0.2, -0.15) is 0 Å². The fourth-order valence-electron chi connectivity index (χ4n) is 10.4. The topological polar surface area (TPSA) is 4.93 Å². The third kappa shape index (κ3) is 5.63. The molecule has 1 aliphatic carbocycles. The smallest absolute Gasteiger partial charge is 0.179 e. The van der Waals surface area contributed by atoms with Crippen LogP contribution in [-0.2, 0) is 10.8 Å². The molecule has 59 heavy (non-hydrogen) atoms. The molecule has 2 heterocycles. The predicted octanol–water partition coefficient (Wildman–Crippen LogP) is 12.5. The second-order valence-corrected chi connectivity index (χ2v) is 22.8. The van der Waals surface area contributed by atoms with Gasteiger partial charge in [0.05, 0.1) is 11.0 Å². The van der Waals surface area contributed by atoms with Crippen LogP contribution >= 0.6 is 11.3 Å². The molecule has 1 aliphatic rings. The van der Waals surface area contributed by atoms with E-state index in [9.17, 15) is 0 Å². The minimum absolute atomic E-state index is 0.108. The van der Waals surface area contributed by atoms with Gasteiger partial charge in [-0.3, -0.25) is 0 Å². The van der Waals surface area contributed by atoms with E-state index in [4.69, 9.17) is 0 Å². The minimum atomic E-state index is -2.78. The Bertz CT molecular complexity index is 3160. The lowest BCUT2D eigenvalue weighted by Crippen LogP contribution is -2.74.